The Hall–Kier alpha value is -2.37. The van der Waals surface area contributed by atoms with E-state index in [1.807, 2.05) is 0 Å². The van der Waals surface area contributed by atoms with E-state index in [4.69, 9.17) is 10.2 Å². The van der Waals surface area contributed by atoms with Gasteiger partial charge in [-0.3, -0.25) is 0 Å². The fourth-order valence-electron chi connectivity index (χ4n) is 2.08. The summed E-state index contributed by atoms with van der Waals surface area (Å²) in [5, 5.41) is 18.1. The number of aliphatic carboxylic acids is 1. The summed E-state index contributed by atoms with van der Waals surface area (Å²) < 4.78 is 12.9. The standard InChI is InChI=1S/C13H12FNO4/c14-9-3-1-8(2-4-9)11-7-15(13(18)19)6-5-10(11)12(16)17/h1-4H,5-7H2,(H,16,17)(H,18,19). The summed E-state index contributed by atoms with van der Waals surface area (Å²) in [5.41, 5.74) is 1.13. The molecule has 0 unspecified atom stereocenters. The van der Waals surface area contributed by atoms with Crippen molar-refractivity contribution in [3.63, 3.8) is 0 Å². The topological polar surface area (TPSA) is 77.8 Å². The molecule has 0 spiro atoms. The van der Waals surface area contributed by atoms with E-state index in [-0.39, 0.29) is 25.1 Å². The maximum atomic E-state index is 12.9. The summed E-state index contributed by atoms with van der Waals surface area (Å²) in [7, 11) is 0. The Balaban J connectivity index is 2.42. The highest BCUT2D eigenvalue weighted by atomic mass is 19.1. The molecule has 1 heterocycles. The molecular weight excluding hydrogens is 253 g/mol. The molecule has 0 fully saturated rings. The molecule has 0 aromatic heterocycles. The molecule has 5 nitrogen and oxygen atoms in total. The SMILES string of the molecule is O=C(O)C1=C(c2ccc(F)cc2)CN(C(=O)O)CC1. The van der Waals surface area contributed by atoms with Gasteiger partial charge in [0.05, 0.1) is 6.54 Å². The van der Waals surface area contributed by atoms with Crippen LogP contribution in [0.2, 0.25) is 0 Å². The predicted molar refractivity (Wildman–Crippen MR) is 65.2 cm³/mol. The summed E-state index contributed by atoms with van der Waals surface area (Å²) in [5.74, 6) is -1.49. The van der Waals surface area contributed by atoms with Crippen LogP contribution in [0.3, 0.4) is 0 Å². The zero-order chi connectivity index (χ0) is 14.0. The van der Waals surface area contributed by atoms with Crippen molar-refractivity contribution in [3.8, 4) is 0 Å². The van der Waals surface area contributed by atoms with E-state index in [1.165, 1.54) is 24.3 Å². The van der Waals surface area contributed by atoms with Crippen molar-refractivity contribution in [2.45, 2.75) is 6.42 Å². The van der Waals surface area contributed by atoms with Crippen molar-refractivity contribution >= 4 is 17.6 Å². The molecule has 100 valence electrons. The number of rotatable bonds is 2. The third kappa shape index (κ3) is 2.73. The highest BCUT2D eigenvalue weighted by molar-refractivity contribution is 5.98. The molecular formula is C13H12FNO4. The van der Waals surface area contributed by atoms with E-state index in [2.05, 4.69) is 0 Å². The molecule has 0 saturated heterocycles. The molecule has 0 atom stereocenters. The summed E-state index contributed by atoms with van der Waals surface area (Å²) in [6, 6.07) is 5.36. The summed E-state index contributed by atoms with van der Waals surface area (Å²) >= 11 is 0. The first-order valence-electron chi connectivity index (χ1n) is 5.68. The minimum absolute atomic E-state index is 0.00258. The summed E-state index contributed by atoms with van der Waals surface area (Å²) in [6.45, 7) is 0.157. The van der Waals surface area contributed by atoms with Crippen molar-refractivity contribution < 1.29 is 24.2 Å². The molecule has 1 amide bonds. The quantitative estimate of drug-likeness (QED) is 0.857. The number of amides is 1. The third-order valence-electron chi connectivity index (χ3n) is 3.07. The van der Waals surface area contributed by atoms with Crippen molar-refractivity contribution in [2.75, 3.05) is 13.1 Å². The van der Waals surface area contributed by atoms with Gasteiger partial charge in [0, 0.05) is 12.1 Å². The number of benzene rings is 1. The lowest BCUT2D eigenvalue weighted by Crippen LogP contribution is -2.36. The van der Waals surface area contributed by atoms with Gasteiger partial charge in [0.1, 0.15) is 5.82 Å². The van der Waals surface area contributed by atoms with E-state index >= 15 is 0 Å². The fourth-order valence-corrected chi connectivity index (χ4v) is 2.08. The molecule has 2 N–H and O–H groups in total. The lowest BCUT2D eigenvalue weighted by Gasteiger charge is -2.27. The highest BCUT2D eigenvalue weighted by Gasteiger charge is 2.26. The Morgan fingerprint density at radius 1 is 1.16 bits per heavy atom. The Morgan fingerprint density at radius 3 is 2.32 bits per heavy atom. The Bertz CT molecular complexity index is 550. The molecule has 0 radical (unpaired) electrons. The number of carboxylic acids is 1. The first-order valence-corrected chi connectivity index (χ1v) is 5.68. The first-order chi connectivity index (χ1) is 8.99. The van der Waals surface area contributed by atoms with Gasteiger partial charge < -0.3 is 15.1 Å². The second-order valence-electron chi connectivity index (χ2n) is 4.22. The van der Waals surface area contributed by atoms with Gasteiger partial charge in [0.2, 0.25) is 0 Å². The maximum absolute atomic E-state index is 12.9. The van der Waals surface area contributed by atoms with E-state index in [0.717, 1.165) is 4.90 Å². The van der Waals surface area contributed by atoms with Crippen LogP contribution in [0.4, 0.5) is 9.18 Å². The number of hydrogen-bond acceptors (Lipinski definition) is 2. The Morgan fingerprint density at radius 2 is 1.79 bits per heavy atom. The fraction of sp³-hybridized carbons (Fsp3) is 0.231. The molecule has 6 heteroatoms. The second kappa shape index (κ2) is 5.09. The molecule has 2 rings (SSSR count). The van der Waals surface area contributed by atoms with Gasteiger partial charge in [0.15, 0.2) is 0 Å². The predicted octanol–water partition coefficient (Wildman–Crippen LogP) is 2.05. The third-order valence-corrected chi connectivity index (χ3v) is 3.07. The zero-order valence-corrected chi connectivity index (χ0v) is 9.97. The normalized spacial score (nSPS) is 15.5. The second-order valence-corrected chi connectivity index (χ2v) is 4.22. The summed E-state index contributed by atoms with van der Waals surface area (Å²) in [6.07, 6.45) is -0.946. The number of carbonyl (C=O) groups is 2. The first kappa shape index (κ1) is 13.1. The molecule has 1 aliphatic rings. The number of nitrogens with zero attached hydrogens (tertiary/aromatic N) is 1. The van der Waals surface area contributed by atoms with Crippen molar-refractivity contribution in [1.82, 2.24) is 4.90 Å². The van der Waals surface area contributed by atoms with Crippen LogP contribution < -0.4 is 0 Å². The molecule has 1 aromatic carbocycles. The lowest BCUT2D eigenvalue weighted by molar-refractivity contribution is -0.132. The van der Waals surface area contributed by atoms with Crippen LogP contribution in [0.25, 0.3) is 5.57 Å². The molecule has 19 heavy (non-hydrogen) atoms. The molecule has 1 aliphatic heterocycles. The largest absolute Gasteiger partial charge is 0.478 e. The van der Waals surface area contributed by atoms with E-state index in [0.29, 0.717) is 11.1 Å². The van der Waals surface area contributed by atoms with Crippen LogP contribution in [0.1, 0.15) is 12.0 Å². The average molecular weight is 265 g/mol. The van der Waals surface area contributed by atoms with E-state index < -0.39 is 17.9 Å². The Kier molecular flexibility index (Phi) is 3.50. The minimum Gasteiger partial charge on any atom is -0.478 e. The van der Waals surface area contributed by atoms with Gasteiger partial charge in [-0.1, -0.05) is 12.1 Å². The monoisotopic (exact) mass is 265 g/mol. The van der Waals surface area contributed by atoms with E-state index in [1.54, 1.807) is 0 Å². The van der Waals surface area contributed by atoms with Crippen molar-refractivity contribution in [3.05, 3.63) is 41.2 Å². The molecule has 0 bridgehead atoms. The number of halogens is 1. The van der Waals surface area contributed by atoms with Gasteiger partial charge in [-0.15, -0.1) is 0 Å². The summed E-state index contributed by atoms with van der Waals surface area (Å²) in [4.78, 5) is 23.3. The van der Waals surface area contributed by atoms with Gasteiger partial charge in [-0.05, 0) is 29.7 Å². The van der Waals surface area contributed by atoms with Crippen molar-refractivity contribution in [1.29, 1.82) is 0 Å². The lowest BCUT2D eigenvalue weighted by atomic mass is 9.94. The maximum Gasteiger partial charge on any atom is 0.407 e. The molecule has 0 aliphatic carbocycles. The minimum atomic E-state index is -1.09. The number of hydrogen-bond donors (Lipinski definition) is 2. The smallest absolute Gasteiger partial charge is 0.407 e. The van der Waals surface area contributed by atoms with Crippen LogP contribution in [-0.4, -0.2) is 40.3 Å². The van der Waals surface area contributed by atoms with Gasteiger partial charge in [0.25, 0.3) is 0 Å². The van der Waals surface area contributed by atoms with Crippen LogP contribution in [0.5, 0.6) is 0 Å². The number of carboxylic acid groups (broad SMARTS) is 2. The van der Waals surface area contributed by atoms with Crippen LogP contribution >= 0.6 is 0 Å². The van der Waals surface area contributed by atoms with Crippen LogP contribution in [0, 0.1) is 5.82 Å². The van der Waals surface area contributed by atoms with Gasteiger partial charge >= 0.3 is 12.1 Å². The van der Waals surface area contributed by atoms with Gasteiger partial charge in [-0.25, -0.2) is 14.0 Å². The van der Waals surface area contributed by atoms with Crippen molar-refractivity contribution in [2.24, 2.45) is 0 Å². The highest BCUT2D eigenvalue weighted by Crippen LogP contribution is 2.27. The molecule has 0 saturated carbocycles. The Labute approximate surface area is 108 Å². The van der Waals surface area contributed by atoms with E-state index in [9.17, 15) is 14.0 Å². The van der Waals surface area contributed by atoms with Gasteiger partial charge in [-0.2, -0.15) is 0 Å². The van der Waals surface area contributed by atoms with Crippen LogP contribution in [0.15, 0.2) is 29.8 Å². The zero-order valence-electron chi connectivity index (χ0n) is 9.97. The molecule has 1 aromatic rings. The average Bonchev–Trinajstić information content (AvgIpc) is 2.38. The van der Waals surface area contributed by atoms with Crippen LogP contribution in [-0.2, 0) is 4.79 Å².